The van der Waals surface area contributed by atoms with Crippen LogP contribution in [0.3, 0.4) is 0 Å². The quantitative estimate of drug-likeness (QED) is 0.792. The number of fused-ring (bicyclic) bond motifs is 1. The zero-order valence-corrected chi connectivity index (χ0v) is 10.9. The number of rotatable bonds is 1. The number of carbonyl (C=O) groups excluding carboxylic acids is 1. The molecular weight excluding hydrogens is 250 g/mol. The minimum atomic E-state index is -0.391. The monoisotopic (exact) mass is 265 g/mol. The van der Waals surface area contributed by atoms with Gasteiger partial charge in [-0.2, -0.15) is 0 Å². The van der Waals surface area contributed by atoms with Gasteiger partial charge in [0.05, 0.1) is 11.5 Å². The molecule has 1 fully saturated rings. The summed E-state index contributed by atoms with van der Waals surface area (Å²) in [7, 11) is 0. The Balaban J connectivity index is 1.94. The maximum absolute atomic E-state index is 11.8. The van der Waals surface area contributed by atoms with Crippen molar-refractivity contribution in [1.82, 2.24) is 0 Å². The number of nitrogens with zero attached hydrogens (tertiary/aromatic N) is 1. The molecule has 1 N–H and O–H groups in total. The average molecular weight is 266 g/mol. The molecule has 2 atom stereocenters. The number of aliphatic hydroxyl groups excluding tert-OH is 1. The summed E-state index contributed by atoms with van der Waals surface area (Å²) in [4.78, 5) is 13.5. The highest BCUT2D eigenvalue weighted by Crippen LogP contribution is 2.34. The topological polar surface area (TPSA) is 40.5 Å². The predicted molar refractivity (Wildman–Crippen MR) is 71.0 cm³/mol. The van der Waals surface area contributed by atoms with Crippen LogP contribution in [0.15, 0.2) is 18.2 Å². The standard InChI is InChI=1S/C14H16ClNO2/c15-10-6-14(18)16(8-10)11-5-4-9-2-1-3-13(17)12(9)7-11/h4-5,7,10,13,17H,1-3,6,8H2. The molecular formula is C14H16ClNO2. The van der Waals surface area contributed by atoms with Crippen LogP contribution >= 0.6 is 11.6 Å². The van der Waals surface area contributed by atoms with Gasteiger partial charge in [-0.25, -0.2) is 0 Å². The van der Waals surface area contributed by atoms with Crippen molar-refractivity contribution in [3.63, 3.8) is 0 Å². The Morgan fingerprint density at radius 1 is 1.39 bits per heavy atom. The van der Waals surface area contributed by atoms with Gasteiger partial charge < -0.3 is 10.0 Å². The molecule has 2 aliphatic rings. The first kappa shape index (κ1) is 12.0. The van der Waals surface area contributed by atoms with Crippen molar-refractivity contribution in [3.8, 4) is 0 Å². The Morgan fingerprint density at radius 2 is 2.22 bits per heavy atom. The van der Waals surface area contributed by atoms with Crippen LogP contribution < -0.4 is 4.90 Å². The predicted octanol–water partition coefficient (Wildman–Crippen LogP) is 2.40. The number of alkyl halides is 1. The minimum absolute atomic E-state index is 0.0697. The van der Waals surface area contributed by atoms with E-state index in [9.17, 15) is 9.90 Å². The van der Waals surface area contributed by atoms with E-state index in [1.54, 1.807) is 4.90 Å². The summed E-state index contributed by atoms with van der Waals surface area (Å²) in [6.45, 7) is 0.565. The average Bonchev–Trinajstić information content (AvgIpc) is 2.69. The second-order valence-corrected chi connectivity index (χ2v) is 5.71. The maximum Gasteiger partial charge on any atom is 0.228 e. The molecule has 18 heavy (non-hydrogen) atoms. The first-order chi connectivity index (χ1) is 8.65. The van der Waals surface area contributed by atoms with Crippen LogP contribution in [0.5, 0.6) is 0 Å². The van der Waals surface area contributed by atoms with Crippen LogP contribution in [0.4, 0.5) is 5.69 Å². The molecule has 0 spiro atoms. The SMILES string of the molecule is O=C1CC(Cl)CN1c1ccc2c(c1)C(O)CCC2. The molecule has 3 nitrogen and oxygen atoms in total. The third-order valence-electron chi connectivity index (χ3n) is 3.80. The Hall–Kier alpha value is -1.06. The van der Waals surface area contributed by atoms with Crippen LogP contribution in [-0.4, -0.2) is 22.9 Å². The third kappa shape index (κ3) is 2.02. The smallest absolute Gasteiger partial charge is 0.228 e. The lowest BCUT2D eigenvalue weighted by Gasteiger charge is -2.24. The fourth-order valence-corrected chi connectivity index (χ4v) is 3.11. The Bertz CT molecular complexity index is 489. The molecule has 3 rings (SSSR count). The van der Waals surface area contributed by atoms with Crippen LogP contribution in [0, 0.1) is 0 Å². The molecule has 1 aliphatic carbocycles. The van der Waals surface area contributed by atoms with E-state index in [1.165, 1.54) is 5.56 Å². The highest BCUT2D eigenvalue weighted by Gasteiger charge is 2.30. The van der Waals surface area contributed by atoms with Crippen molar-refractivity contribution < 1.29 is 9.90 Å². The minimum Gasteiger partial charge on any atom is -0.388 e. The fraction of sp³-hybridized carbons (Fsp3) is 0.500. The number of hydrogen-bond acceptors (Lipinski definition) is 2. The van der Waals surface area contributed by atoms with Crippen molar-refractivity contribution in [2.24, 2.45) is 0 Å². The van der Waals surface area contributed by atoms with Crippen LogP contribution in [0.1, 0.15) is 36.5 Å². The molecule has 1 heterocycles. The van der Waals surface area contributed by atoms with Gasteiger partial charge in [-0.15, -0.1) is 11.6 Å². The highest BCUT2D eigenvalue weighted by molar-refractivity contribution is 6.24. The van der Waals surface area contributed by atoms with Gasteiger partial charge in [0, 0.05) is 18.7 Å². The summed E-state index contributed by atoms with van der Waals surface area (Å²) in [5, 5.41) is 9.92. The third-order valence-corrected chi connectivity index (χ3v) is 4.09. The summed E-state index contributed by atoms with van der Waals surface area (Å²) in [6, 6.07) is 5.94. The van der Waals surface area contributed by atoms with E-state index in [4.69, 9.17) is 11.6 Å². The number of amides is 1. The van der Waals surface area contributed by atoms with Crippen LogP contribution in [-0.2, 0) is 11.2 Å². The fourth-order valence-electron chi connectivity index (χ4n) is 2.84. The van der Waals surface area contributed by atoms with Crippen LogP contribution in [0.2, 0.25) is 0 Å². The molecule has 1 saturated heterocycles. The van der Waals surface area contributed by atoms with Gasteiger partial charge in [-0.1, -0.05) is 6.07 Å². The van der Waals surface area contributed by atoms with Gasteiger partial charge in [0.25, 0.3) is 0 Å². The van der Waals surface area contributed by atoms with Gasteiger partial charge in [0.15, 0.2) is 0 Å². The Morgan fingerprint density at radius 3 is 2.94 bits per heavy atom. The van der Waals surface area contributed by atoms with E-state index in [-0.39, 0.29) is 11.3 Å². The number of halogens is 1. The zero-order chi connectivity index (χ0) is 12.7. The molecule has 0 bridgehead atoms. The highest BCUT2D eigenvalue weighted by atomic mass is 35.5. The summed E-state index contributed by atoms with van der Waals surface area (Å²) < 4.78 is 0. The molecule has 1 aromatic carbocycles. The first-order valence-electron chi connectivity index (χ1n) is 6.40. The zero-order valence-electron chi connectivity index (χ0n) is 10.1. The van der Waals surface area contributed by atoms with Crippen molar-refractivity contribution in [1.29, 1.82) is 0 Å². The van der Waals surface area contributed by atoms with Gasteiger partial charge in [0.2, 0.25) is 5.91 Å². The van der Waals surface area contributed by atoms with Crippen molar-refractivity contribution in [2.45, 2.75) is 37.2 Å². The number of hydrogen-bond donors (Lipinski definition) is 1. The van der Waals surface area contributed by atoms with E-state index in [2.05, 4.69) is 0 Å². The number of benzene rings is 1. The first-order valence-corrected chi connectivity index (χ1v) is 6.84. The van der Waals surface area contributed by atoms with Crippen molar-refractivity contribution in [2.75, 3.05) is 11.4 Å². The van der Waals surface area contributed by atoms with Gasteiger partial charge in [0.1, 0.15) is 0 Å². The van der Waals surface area contributed by atoms with E-state index >= 15 is 0 Å². The molecule has 1 amide bonds. The van der Waals surface area contributed by atoms with E-state index in [0.29, 0.717) is 13.0 Å². The number of carbonyl (C=O) groups is 1. The molecule has 96 valence electrons. The van der Waals surface area contributed by atoms with Gasteiger partial charge in [-0.05, 0) is 42.5 Å². The lowest BCUT2D eigenvalue weighted by atomic mass is 9.89. The molecule has 0 radical (unpaired) electrons. The second-order valence-electron chi connectivity index (χ2n) is 5.10. The Labute approximate surface area is 111 Å². The van der Waals surface area contributed by atoms with E-state index in [0.717, 1.165) is 30.5 Å². The van der Waals surface area contributed by atoms with Crippen LogP contribution in [0.25, 0.3) is 0 Å². The summed E-state index contributed by atoms with van der Waals surface area (Å²) >= 11 is 6.01. The van der Waals surface area contributed by atoms with E-state index < -0.39 is 6.10 Å². The molecule has 1 aromatic rings. The summed E-state index contributed by atoms with van der Waals surface area (Å²) in [5.41, 5.74) is 3.04. The molecule has 4 heteroatoms. The largest absolute Gasteiger partial charge is 0.388 e. The number of aliphatic hydroxyl groups is 1. The normalized spacial score (nSPS) is 27.4. The number of anilines is 1. The van der Waals surface area contributed by atoms with Gasteiger partial charge >= 0.3 is 0 Å². The van der Waals surface area contributed by atoms with Crippen molar-refractivity contribution in [3.05, 3.63) is 29.3 Å². The summed E-state index contributed by atoms with van der Waals surface area (Å²) in [5.74, 6) is 0.0697. The number of aryl methyl sites for hydroxylation is 1. The second kappa shape index (κ2) is 4.56. The Kier molecular flexibility index (Phi) is 3.04. The molecule has 0 aromatic heterocycles. The summed E-state index contributed by atoms with van der Waals surface area (Å²) in [6.07, 6.45) is 2.86. The molecule has 1 aliphatic heterocycles. The van der Waals surface area contributed by atoms with E-state index in [1.807, 2.05) is 18.2 Å². The molecule has 2 unspecified atom stereocenters. The maximum atomic E-state index is 11.8. The molecule has 0 saturated carbocycles. The lowest BCUT2D eigenvalue weighted by Crippen LogP contribution is -2.25. The lowest BCUT2D eigenvalue weighted by molar-refractivity contribution is -0.117. The van der Waals surface area contributed by atoms with Crippen molar-refractivity contribution >= 4 is 23.2 Å². The van der Waals surface area contributed by atoms with Gasteiger partial charge in [-0.3, -0.25) is 4.79 Å².